The maximum Gasteiger partial charge on any atom is 0.240 e. The third-order valence-corrected chi connectivity index (χ3v) is 4.67. The van der Waals surface area contributed by atoms with E-state index < -0.39 is 5.25 Å². The van der Waals surface area contributed by atoms with Gasteiger partial charge in [-0.25, -0.2) is 9.38 Å². The summed E-state index contributed by atoms with van der Waals surface area (Å²) < 4.78 is 13.6. The van der Waals surface area contributed by atoms with Crippen molar-refractivity contribution in [1.29, 1.82) is 0 Å². The number of hydrogen-bond donors (Lipinski definition) is 2. The summed E-state index contributed by atoms with van der Waals surface area (Å²) in [6.07, 6.45) is 0.0344. The van der Waals surface area contributed by atoms with Crippen molar-refractivity contribution in [1.82, 2.24) is 5.32 Å². The molecule has 0 unspecified atom stereocenters. The van der Waals surface area contributed by atoms with Gasteiger partial charge in [-0.15, -0.1) is 0 Å². The van der Waals surface area contributed by atoms with Crippen molar-refractivity contribution in [2.75, 3.05) is 5.32 Å². The third-order valence-electron chi connectivity index (χ3n) is 3.59. The summed E-state index contributed by atoms with van der Waals surface area (Å²) in [7, 11) is 0. The number of thioether (sulfide) groups is 1. The lowest BCUT2D eigenvalue weighted by Crippen LogP contribution is -2.28. The van der Waals surface area contributed by atoms with Crippen LogP contribution in [0.15, 0.2) is 53.5 Å². The Labute approximate surface area is 148 Å². The van der Waals surface area contributed by atoms with Gasteiger partial charge < -0.3 is 10.6 Å². The normalized spacial score (nSPS) is 18.2. The zero-order chi connectivity index (χ0) is 17.8. The van der Waals surface area contributed by atoms with Crippen molar-refractivity contribution in [3.05, 3.63) is 59.9 Å². The molecule has 0 aromatic heterocycles. The molecule has 0 aliphatic carbocycles. The molecule has 128 valence electrons. The minimum absolute atomic E-state index is 0.0344. The summed E-state index contributed by atoms with van der Waals surface area (Å²) in [5.74, 6) is -0.879. The van der Waals surface area contributed by atoms with E-state index in [0.717, 1.165) is 0 Å². The molecule has 0 bridgehead atoms. The molecule has 0 saturated carbocycles. The zero-order valence-corrected chi connectivity index (χ0v) is 14.3. The number of aliphatic imine (C=N–C) groups is 1. The molecule has 2 aromatic carbocycles. The van der Waals surface area contributed by atoms with Gasteiger partial charge >= 0.3 is 0 Å². The Balaban J connectivity index is 1.63. The fourth-order valence-corrected chi connectivity index (χ4v) is 3.25. The summed E-state index contributed by atoms with van der Waals surface area (Å²) in [5.41, 5.74) is 1.63. The molecule has 0 spiro atoms. The minimum Gasteiger partial charge on any atom is -0.326 e. The average molecular weight is 357 g/mol. The minimum atomic E-state index is -0.558. The molecule has 1 aliphatic rings. The van der Waals surface area contributed by atoms with Crippen molar-refractivity contribution < 1.29 is 14.0 Å². The van der Waals surface area contributed by atoms with E-state index in [1.54, 1.807) is 31.2 Å². The van der Waals surface area contributed by atoms with Gasteiger partial charge in [0, 0.05) is 12.1 Å². The molecule has 1 heterocycles. The summed E-state index contributed by atoms with van der Waals surface area (Å²) in [4.78, 5) is 28.3. The number of para-hydroxylation sites is 1. The van der Waals surface area contributed by atoms with Crippen molar-refractivity contribution >= 4 is 40.1 Å². The third kappa shape index (κ3) is 4.45. The first-order valence-electron chi connectivity index (χ1n) is 7.68. The number of nitrogens with one attached hydrogen (secondary N) is 2. The number of benzene rings is 2. The second-order valence-corrected chi connectivity index (χ2v) is 6.76. The molecule has 2 aromatic rings. The van der Waals surface area contributed by atoms with Crippen LogP contribution in [0.1, 0.15) is 12.0 Å². The van der Waals surface area contributed by atoms with Gasteiger partial charge in [-0.2, -0.15) is 0 Å². The van der Waals surface area contributed by atoms with Gasteiger partial charge in [0.05, 0.1) is 5.69 Å². The van der Waals surface area contributed by atoms with Crippen LogP contribution >= 0.6 is 11.8 Å². The monoisotopic (exact) mass is 357 g/mol. The molecule has 1 saturated heterocycles. The van der Waals surface area contributed by atoms with E-state index in [9.17, 15) is 14.0 Å². The fraction of sp³-hybridized carbons (Fsp3) is 0.167. The van der Waals surface area contributed by atoms with E-state index in [0.29, 0.717) is 22.1 Å². The number of aryl methyl sites for hydroxylation is 1. The van der Waals surface area contributed by atoms with Gasteiger partial charge in [-0.3, -0.25) is 9.59 Å². The van der Waals surface area contributed by atoms with Crippen molar-refractivity contribution in [3.63, 3.8) is 0 Å². The van der Waals surface area contributed by atoms with Gasteiger partial charge in [0.2, 0.25) is 11.8 Å². The van der Waals surface area contributed by atoms with Crippen LogP contribution < -0.4 is 10.6 Å². The Hall–Kier alpha value is -2.67. The summed E-state index contributed by atoms with van der Waals surface area (Å²) in [6.45, 7) is 1.67. The molecule has 0 radical (unpaired) electrons. The quantitative estimate of drug-likeness (QED) is 0.881. The first-order chi connectivity index (χ1) is 12.0. The van der Waals surface area contributed by atoms with E-state index in [-0.39, 0.29) is 24.1 Å². The zero-order valence-electron chi connectivity index (χ0n) is 13.5. The summed E-state index contributed by atoms with van der Waals surface area (Å²) >= 11 is 1.17. The lowest BCUT2D eigenvalue weighted by molar-refractivity contribution is -0.122. The molecule has 7 heteroatoms. The Morgan fingerprint density at radius 1 is 1.28 bits per heavy atom. The molecular weight excluding hydrogens is 341 g/mol. The van der Waals surface area contributed by atoms with Crippen LogP contribution in [0, 0.1) is 12.7 Å². The van der Waals surface area contributed by atoms with Crippen LogP contribution in [0.5, 0.6) is 0 Å². The van der Waals surface area contributed by atoms with Crippen LogP contribution in [0.25, 0.3) is 0 Å². The van der Waals surface area contributed by atoms with Crippen molar-refractivity contribution in [2.24, 2.45) is 4.99 Å². The fourth-order valence-electron chi connectivity index (χ4n) is 2.26. The molecule has 5 nitrogen and oxygen atoms in total. The van der Waals surface area contributed by atoms with Crippen LogP contribution in [0.4, 0.5) is 15.8 Å². The number of carbonyl (C=O) groups excluding carboxylic acids is 2. The van der Waals surface area contributed by atoms with E-state index in [1.165, 1.54) is 17.8 Å². The van der Waals surface area contributed by atoms with Crippen molar-refractivity contribution in [2.45, 2.75) is 18.6 Å². The number of anilines is 1. The highest BCUT2D eigenvalue weighted by atomic mass is 32.2. The average Bonchev–Trinajstić information content (AvgIpc) is 2.91. The molecule has 1 aliphatic heterocycles. The second-order valence-electron chi connectivity index (χ2n) is 5.56. The Morgan fingerprint density at radius 2 is 2.04 bits per heavy atom. The first-order valence-corrected chi connectivity index (χ1v) is 8.56. The lowest BCUT2D eigenvalue weighted by Gasteiger charge is -2.07. The molecule has 2 amide bonds. The van der Waals surface area contributed by atoms with Gasteiger partial charge in [0.1, 0.15) is 11.1 Å². The highest BCUT2D eigenvalue weighted by Crippen LogP contribution is 2.26. The molecule has 2 N–H and O–H groups in total. The SMILES string of the molecule is Cc1ccc(N=C2NC(=O)[C@H](CC(=O)Nc3ccccc3)S2)cc1F. The smallest absolute Gasteiger partial charge is 0.240 e. The number of amidine groups is 1. The highest BCUT2D eigenvalue weighted by Gasteiger charge is 2.32. The van der Waals surface area contributed by atoms with Crippen molar-refractivity contribution in [3.8, 4) is 0 Å². The Bertz CT molecular complexity index is 839. The van der Waals surface area contributed by atoms with Gasteiger partial charge in [0.25, 0.3) is 0 Å². The molecule has 1 atom stereocenters. The first kappa shape index (κ1) is 17.2. The Morgan fingerprint density at radius 3 is 2.76 bits per heavy atom. The number of hydrogen-bond acceptors (Lipinski definition) is 4. The largest absolute Gasteiger partial charge is 0.326 e. The van der Waals surface area contributed by atoms with E-state index in [1.807, 2.05) is 18.2 Å². The standard InChI is InChI=1S/C18H16FN3O2S/c1-11-7-8-13(9-14(11)19)21-18-22-17(24)15(25-18)10-16(23)20-12-5-3-2-4-6-12/h2-9,15H,10H2,1H3,(H,20,23)(H,21,22,24)/t15-/m0/s1. The molecular formula is C18H16FN3O2S. The van der Waals surface area contributed by atoms with E-state index in [4.69, 9.17) is 0 Å². The summed E-state index contributed by atoms with van der Waals surface area (Å²) in [6, 6.07) is 13.7. The number of nitrogens with zero attached hydrogens (tertiary/aromatic N) is 1. The molecule has 1 fully saturated rings. The van der Waals surface area contributed by atoms with Gasteiger partial charge in [-0.05, 0) is 36.8 Å². The van der Waals surface area contributed by atoms with Gasteiger partial charge in [0.15, 0.2) is 5.17 Å². The maximum absolute atomic E-state index is 13.6. The molecule has 25 heavy (non-hydrogen) atoms. The summed E-state index contributed by atoms with van der Waals surface area (Å²) in [5, 5.41) is 5.18. The maximum atomic E-state index is 13.6. The van der Waals surface area contributed by atoms with Crippen LogP contribution in [0.3, 0.4) is 0 Å². The second kappa shape index (κ2) is 7.48. The lowest BCUT2D eigenvalue weighted by atomic mass is 10.2. The number of rotatable bonds is 4. The topological polar surface area (TPSA) is 70.6 Å². The number of halogens is 1. The van der Waals surface area contributed by atoms with Crippen LogP contribution in [-0.4, -0.2) is 22.2 Å². The molecule has 3 rings (SSSR count). The Kier molecular flexibility index (Phi) is 5.14. The van der Waals surface area contributed by atoms with Crippen LogP contribution in [-0.2, 0) is 9.59 Å². The predicted octanol–water partition coefficient (Wildman–Crippen LogP) is 3.38. The number of amides is 2. The van der Waals surface area contributed by atoms with Gasteiger partial charge in [-0.1, -0.05) is 36.0 Å². The number of carbonyl (C=O) groups is 2. The van der Waals surface area contributed by atoms with E-state index >= 15 is 0 Å². The highest BCUT2D eigenvalue weighted by molar-refractivity contribution is 8.15. The predicted molar refractivity (Wildman–Crippen MR) is 97.4 cm³/mol. The van der Waals surface area contributed by atoms with Crippen LogP contribution in [0.2, 0.25) is 0 Å². The van der Waals surface area contributed by atoms with E-state index in [2.05, 4.69) is 15.6 Å².